The van der Waals surface area contributed by atoms with Crippen molar-refractivity contribution in [3.05, 3.63) is 63.5 Å². The summed E-state index contributed by atoms with van der Waals surface area (Å²) in [6.07, 6.45) is 0. The number of halogens is 1. The van der Waals surface area contributed by atoms with E-state index < -0.39 is 10.0 Å². The predicted molar refractivity (Wildman–Crippen MR) is 114 cm³/mol. The molecule has 0 aliphatic carbocycles. The molecule has 1 amide bonds. The highest BCUT2D eigenvalue weighted by atomic mass is 35.5. The topological polar surface area (TPSA) is 84.6 Å². The normalized spacial score (nSPS) is 15.6. The standard InChI is InChI=1S/C20H21ClN4O4S/c1-22-17-8-7-14(13-18(17)23(2)20(22)27)30(28,29)25-11-9-24(10-12-25)19(26)15-5-3-4-6-16(15)21/h3-8,13H,9-12H2,1-2H3. The van der Waals surface area contributed by atoms with E-state index in [4.69, 9.17) is 11.6 Å². The van der Waals surface area contributed by atoms with E-state index in [1.807, 2.05) is 0 Å². The van der Waals surface area contributed by atoms with Crippen LogP contribution in [0.4, 0.5) is 0 Å². The Kier molecular flexibility index (Phi) is 5.21. The molecule has 2 aromatic carbocycles. The quantitative estimate of drug-likeness (QED) is 0.610. The largest absolute Gasteiger partial charge is 0.336 e. The number of benzene rings is 2. The van der Waals surface area contributed by atoms with E-state index in [2.05, 4.69) is 0 Å². The zero-order valence-electron chi connectivity index (χ0n) is 16.6. The maximum Gasteiger partial charge on any atom is 0.328 e. The van der Waals surface area contributed by atoms with Crippen LogP contribution in [0.2, 0.25) is 5.02 Å². The number of imidazole rings is 1. The van der Waals surface area contributed by atoms with Gasteiger partial charge in [0, 0.05) is 40.3 Å². The minimum atomic E-state index is -3.75. The van der Waals surface area contributed by atoms with Crippen molar-refractivity contribution in [2.24, 2.45) is 14.1 Å². The Hall–Kier alpha value is -2.62. The molecule has 1 aliphatic heterocycles. The number of carbonyl (C=O) groups excluding carboxylic acids is 1. The summed E-state index contributed by atoms with van der Waals surface area (Å²) < 4.78 is 30.6. The van der Waals surface area contributed by atoms with E-state index in [-0.39, 0.29) is 42.7 Å². The highest BCUT2D eigenvalue weighted by molar-refractivity contribution is 7.89. The Bertz CT molecular complexity index is 1300. The Balaban J connectivity index is 1.55. The second-order valence-corrected chi connectivity index (χ2v) is 9.57. The highest BCUT2D eigenvalue weighted by Crippen LogP contribution is 2.23. The lowest BCUT2D eigenvalue weighted by molar-refractivity contribution is 0.0698. The van der Waals surface area contributed by atoms with Crippen LogP contribution in [-0.2, 0) is 24.1 Å². The van der Waals surface area contributed by atoms with Crippen molar-refractivity contribution in [3.8, 4) is 0 Å². The van der Waals surface area contributed by atoms with Gasteiger partial charge in [0.1, 0.15) is 0 Å². The molecule has 4 rings (SSSR count). The van der Waals surface area contributed by atoms with Crippen LogP contribution >= 0.6 is 11.6 Å². The Labute approximate surface area is 178 Å². The summed E-state index contributed by atoms with van der Waals surface area (Å²) in [5, 5.41) is 0.374. The maximum atomic E-state index is 13.1. The lowest BCUT2D eigenvalue weighted by Gasteiger charge is -2.34. The first-order valence-electron chi connectivity index (χ1n) is 9.41. The van der Waals surface area contributed by atoms with Crippen molar-refractivity contribution in [2.75, 3.05) is 26.2 Å². The number of piperazine rings is 1. The van der Waals surface area contributed by atoms with Gasteiger partial charge in [0.05, 0.1) is 26.5 Å². The average molecular weight is 449 g/mol. The molecule has 0 bridgehead atoms. The van der Waals surface area contributed by atoms with Gasteiger partial charge in [-0.15, -0.1) is 0 Å². The van der Waals surface area contributed by atoms with Gasteiger partial charge in [0.25, 0.3) is 5.91 Å². The van der Waals surface area contributed by atoms with Gasteiger partial charge in [-0.2, -0.15) is 4.31 Å². The number of hydrogen-bond donors (Lipinski definition) is 0. The van der Waals surface area contributed by atoms with Crippen LogP contribution in [0.25, 0.3) is 11.0 Å². The first-order chi connectivity index (χ1) is 14.2. The van der Waals surface area contributed by atoms with Crippen molar-refractivity contribution in [2.45, 2.75) is 4.90 Å². The molecule has 0 saturated carbocycles. The average Bonchev–Trinajstić information content (AvgIpc) is 2.97. The third-order valence-electron chi connectivity index (χ3n) is 5.51. The van der Waals surface area contributed by atoms with Gasteiger partial charge in [-0.05, 0) is 30.3 Å². The summed E-state index contributed by atoms with van der Waals surface area (Å²) >= 11 is 6.11. The first kappa shape index (κ1) is 20.6. The predicted octanol–water partition coefficient (Wildman–Crippen LogP) is 1.68. The van der Waals surface area contributed by atoms with Crippen LogP contribution in [0.5, 0.6) is 0 Å². The lowest BCUT2D eigenvalue weighted by Crippen LogP contribution is -2.50. The fourth-order valence-corrected chi connectivity index (χ4v) is 5.39. The Morgan fingerprint density at radius 3 is 2.23 bits per heavy atom. The summed E-state index contributed by atoms with van der Waals surface area (Å²) in [6, 6.07) is 11.5. The van der Waals surface area contributed by atoms with E-state index in [1.54, 1.807) is 49.3 Å². The van der Waals surface area contributed by atoms with Crippen molar-refractivity contribution >= 4 is 38.6 Å². The van der Waals surface area contributed by atoms with Crippen LogP contribution in [-0.4, -0.2) is 58.8 Å². The number of rotatable bonds is 3. The zero-order valence-corrected chi connectivity index (χ0v) is 18.2. The molecule has 1 aliphatic rings. The number of aryl methyl sites for hydroxylation is 2. The molecule has 3 aromatic rings. The number of amides is 1. The smallest absolute Gasteiger partial charge is 0.328 e. The van der Waals surface area contributed by atoms with Gasteiger partial charge < -0.3 is 4.90 Å². The van der Waals surface area contributed by atoms with E-state index in [1.165, 1.54) is 25.6 Å². The molecule has 0 unspecified atom stereocenters. The molecule has 2 heterocycles. The van der Waals surface area contributed by atoms with Gasteiger partial charge in [-0.25, -0.2) is 13.2 Å². The summed E-state index contributed by atoms with van der Waals surface area (Å²) in [5.41, 5.74) is 1.41. The van der Waals surface area contributed by atoms with Gasteiger partial charge >= 0.3 is 5.69 Å². The first-order valence-corrected chi connectivity index (χ1v) is 11.2. The van der Waals surface area contributed by atoms with E-state index in [9.17, 15) is 18.0 Å². The van der Waals surface area contributed by atoms with E-state index in [0.717, 1.165) is 0 Å². The molecule has 0 N–H and O–H groups in total. The summed E-state index contributed by atoms with van der Waals surface area (Å²) in [4.78, 5) is 26.5. The molecule has 30 heavy (non-hydrogen) atoms. The minimum absolute atomic E-state index is 0.127. The molecule has 1 saturated heterocycles. The third kappa shape index (κ3) is 3.32. The highest BCUT2D eigenvalue weighted by Gasteiger charge is 2.31. The number of carbonyl (C=O) groups is 1. The molecule has 8 nitrogen and oxygen atoms in total. The van der Waals surface area contributed by atoms with Gasteiger partial charge in [0.15, 0.2) is 0 Å². The van der Waals surface area contributed by atoms with Crippen LogP contribution in [0.15, 0.2) is 52.2 Å². The third-order valence-corrected chi connectivity index (χ3v) is 7.74. The Morgan fingerprint density at radius 1 is 0.933 bits per heavy atom. The molecular weight excluding hydrogens is 428 g/mol. The number of hydrogen-bond acceptors (Lipinski definition) is 4. The molecule has 1 aromatic heterocycles. The maximum absolute atomic E-state index is 13.1. The Morgan fingerprint density at radius 2 is 1.57 bits per heavy atom. The fourth-order valence-electron chi connectivity index (χ4n) is 3.73. The number of sulfonamides is 1. The molecule has 10 heteroatoms. The number of aromatic nitrogens is 2. The second kappa shape index (κ2) is 7.57. The molecule has 0 radical (unpaired) electrons. The lowest BCUT2D eigenvalue weighted by atomic mass is 10.2. The number of nitrogens with zero attached hydrogens (tertiary/aromatic N) is 4. The minimum Gasteiger partial charge on any atom is -0.336 e. The molecule has 0 atom stereocenters. The number of fused-ring (bicyclic) bond motifs is 1. The summed E-state index contributed by atoms with van der Waals surface area (Å²) in [7, 11) is -0.493. The van der Waals surface area contributed by atoms with Crippen molar-refractivity contribution in [1.82, 2.24) is 18.3 Å². The van der Waals surface area contributed by atoms with Crippen LogP contribution in [0, 0.1) is 0 Å². The SMILES string of the molecule is Cn1c(=O)n(C)c2cc(S(=O)(=O)N3CCN(C(=O)c4ccccc4Cl)CC3)ccc21. The summed E-state index contributed by atoms with van der Waals surface area (Å²) in [5.74, 6) is -0.210. The zero-order chi connectivity index (χ0) is 21.6. The molecule has 158 valence electrons. The fraction of sp³-hybridized carbons (Fsp3) is 0.300. The van der Waals surface area contributed by atoms with Crippen molar-refractivity contribution in [3.63, 3.8) is 0 Å². The van der Waals surface area contributed by atoms with Gasteiger partial charge in [-0.1, -0.05) is 23.7 Å². The van der Waals surface area contributed by atoms with E-state index >= 15 is 0 Å². The monoisotopic (exact) mass is 448 g/mol. The van der Waals surface area contributed by atoms with Gasteiger partial charge in [-0.3, -0.25) is 13.9 Å². The van der Waals surface area contributed by atoms with Crippen molar-refractivity contribution < 1.29 is 13.2 Å². The second-order valence-electron chi connectivity index (χ2n) is 7.23. The molecule has 1 fully saturated rings. The van der Waals surface area contributed by atoms with Gasteiger partial charge in [0.2, 0.25) is 10.0 Å². The summed E-state index contributed by atoms with van der Waals surface area (Å²) in [6.45, 7) is 0.916. The molecular formula is C20H21ClN4O4S. The van der Waals surface area contributed by atoms with Crippen LogP contribution in [0.1, 0.15) is 10.4 Å². The van der Waals surface area contributed by atoms with E-state index in [0.29, 0.717) is 21.6 Å². The van der Waals surface area contributed by atoms with Crippen LogP contribution < -0.4 is 5.69 Å². The van der Waals surface area contributed by atoms with Crippen molar-refractivity contribution in [1.29, 1.82) is 0 Å². The van der Waals surface area contributed by atoms with Crippen LogP contribution in [0.3, 0.4) is 0 Å². The molecule has 0 spiro atoms.